The molecule has 0 N–H and O–H groups in total. The molecule has 1 aromatic heterocycles. The monoisotopic (exact) mass is 313 g/mol. The molecule has 0 spiro atoms. The van der Waals surface area contributed by atoms with Gasteiger partial charge >= 0.3 is 5.97 Å². The molecule has 0 aliphatic carbocycles. The van der Waals surface area contributed by atoms with E-state index in [2.05, 4.69) is 6.07 Å². The van der Waals surface area contributed by atoms with Crippen molar-refractivity contribution >= 4 is 11.9 Å². The van der Waals surface area contributed by atoms with Gasteiger partial charge in [-0.3, -0.25) is 4.79 Å². The van der Waals surface area contributed by atoms with E-state index in [-0.39, 0.29) is 5.91 Å². The molecular weight excluding hydrogens is 294 g/mol. The highest BCUT2D eigenvalue weighted by Gasteiger charge is 2.27. The molecule has 1 aromatic carbocycles. The summed E-state index contributed by atoms with van der Waals surface area (Å²) in [6.45, 7) is 4.49. The summed E-state index contributed by atoms with van der Waals surface area (Å²) in [4.78, 5) is 26.3. The van der Waals surface area contributed by atoms with Crippen LogP contribution in [0.15, 0.2) is 41.0 Å². The van der Waals surface area contributed by atoms with Gasteiger partial charge < -0.3 is 14.1 Å². The number of fused-ring (bicyclic) bond motifs is 1. The van der Waals surface area contributed by atoms with Crippen molar-refractivity contribution in [2.75, 3.05) is 6.54 Å². The average Bonchev–Trinajstić information content (AvgIpc) is 2.99. The molecule has 5 heteroatoms. The smallest absolute Gasteiger partial charge is 0.342 e. The van der Waals surface area contributed by atoms with Gasteiger partial charge in [-0.05, 0) is 37.5 Å². The van der Waals surface area contributed by atoms with E-state index in [0.717, 1.165) is 12.0 Å². The second-order valence-corrected chi connectivity index (χ2v) is 5.72. The van der Waals surface area contributed by atoms with Gasteiger partial charge in [0.25, 0.3) is 5.91 Å². The number of furan rings is 1. The molecule has 1 aliphatic heterocycles. The summed E-state index contributed by atoms with van der Waals surface area (Å²) in [5.74, 6) is -0.218. The van der Waals surface area contributed by atoms with E-state index in [1.54, 1.807) is 24.8 Å². The Balaban J connectivity index is 1.64. The van der Waals surface area contributed by atoms with Crippen LogP contribution in [0.5, 0.6) is 0 Å². The number of carbonyl (C=O) groups is 2. The largest absolute Gasteiger partial charge is 0.469 e. The first-order valence-electron chi connectivity index (χ1n) is 7.67. The molecule has 120 valence electrons. The highest BCUT2D eigenvalue weighted by Crippen LogP contribution is 2.20. The Hall–Kier alpha value is -2.56. The van der Waals surface area contributed by atoms with Gasteiger partial charge in [-0.15, -0.1) is 0 Å². The van der Waals surface area contributed by atoms with Crippen LogP contribution in [0.4, 0.5) is 0 Å². The fourth-order valence-electron chi connectivity index (χ4n) is 2.81. The van der Waals surface area contributed by atoms with Crippen LogP contribution >= 0.6 is 0 Å². The van der Waals surface area contributed by atoms with Gasteiger partial charge in [0.05, 0.1) is 6.26 Å². The van der Waals surface area contributed by atoms with E-state index in [4.69, 9.17) is 9.15 Å². The molecular formula is C18H19NO4. The molecule has 2 heterocycles. The first-order valence-corrected chi connectivity index (χ1v) is 7.67. The predicted octanol–water partition coefficient (Wildman–Crippen LogP) is 2.72. The van der Waals surface area contributed by atoms with Crippen molar-refractivity contribution in [2.24, 2.45) is 0 Å². The predicted molar refractivity (Wildman–Crippen MR) is 83.9 cm³/mol. The van der Waals surface area contributed by atoms with Crippen LogP contribution in [-0.2, 0) is 22.5 Å². The highest BCUT2D eigenvalue weighted by atomic mass is 16.5. The van der Waals surface area contributed by atoms with Crippen LogP contribution in [0.3, 0.4) is 0 Å². The lowest BCUT2D eigenvalue weighted by molar-refractivity contribution is -0.140. The minimum atomic E-state index is -0.818. The van der Waals surface area contributed by atoms with Crippen molar-refractivity contribution in [3.8, 4) is 0 Å². The molecule has 0 bridgehead atoms. The second kappa shape index (κ2) is 6.28. The van der Waals surface area contributed by atoms with Crippen LogP contribution in [0, 0.1) is 6.92 Å². The van der Waals surface area contributed by atoms with E-state index in [1.807, 2.05) is 18.2 Å². The molecule has 2 aromatic rings. The van der Waals surface area contributed by atoms with Crippen LogP contribution in [0.2, 0.25) is 0 Å². The quantitative estimate of drug-likeness (QED) is 0.818. The Morgan fingerprint density at radius 1 is 1.22 bits per heavy atom. The molecule has 1 aliphatic rings. The van der Waals surface area contributed by atoms with Gasteiger partial charge in [-0.25, -0.2) is 4.79 Å². The zero-order valence-electron chi connectivity index (χ0n) is 13.2. The number of aryl methyl sites for hydroxylation is 1. The fourth-order valence-corrected chi connectivity index (χ4v) is 2.81. The number of esters is 1. The second-order valence-electron chi connectivity index (χ2n) is 5.72. The number of carbonyl (C=O) groups excluding carboxylic acids is 2. The molecule has 0 unspecified atom stereocenters. The third-order valence-corrected chi connectivity index (χ3v) is 4.15. The van der Waals surface area contributed by atoms with Crippen molar-refractivity contribution in [3.63, 3.8) is 0 Å². The van der Waals surface area contributed by atoms with Gasteiger partial charge in [0.2, 0.25) is 0 Å². The molecule has 1 amide bonds. The Kier molecular flexibility index (Phi) is 4.19. The van der Waals surface area contributed by atoms with Crippen LogP contribution in [-0.4, -0.2) is 29.4 Å². The van der Waals surface area contributed by atoms with Crippen molar-refractivity contribution < 1.29 is 18.7 Å². The fraction of sp³-hybridized carbons (Fsp3) is 0.333. The number of benzene rings is 1. The first-order chi connectivity index (χ1) is 11.1. The van der Waals surface area contributed by atoms with E-state index in [1.165, 1.54) is 11.8 Å². The maximum atomic E-state index is 12.5. The third-order valence-electron chi connectivity index (χ3n) is 4.15. The Morgan fingerprint density at radius 2 is 1.96 bits per heavy atom. The minimum Gasteiger partial charge on any atom is -0.469 e. The Morgan fingerprint density at radius 3 is 2.65 bits per heavy atom. The van der Waals surface area contributed by atoms with Gasteiger partial charge in [0.15, 0.2) is 6.10 Å². The topological polar surface area (TPSA) is 59.8 Å². The molecule has 0 fully saturated rings. The molecule has 0 saturated carbocycles. The summed E-state index contributed by atoms with van der Waals surface area (Å²) >= 11 is 0. The number of ether oxygens (including phenoxy) is 1. The number of rotatable bonds is 3. The van der Waals surface area contributed by atoms with Gasteiger partial charge in [-0.1, -0.05) is 24.3 Å². The minimum absolute atomic E-state index is 0.172. The van der Waals surface area contributed by atoms with Gasteiger partial charge in [0, 0.05) is 13.1 Å². The Bertz CT molecular complexity index is 734. The molecule has 5 nitrogen and oxygen atoms in total. The van der Waals surface area contributed by atoms with Crippen molar-refractivity contribution in [1.29, 1.82) is 0 Å². The molecule has 1 atom stereocenters. The van der Waals surface area contributed by atoms with Gasteiger partial charge in [0.1, 0.15) is 11.3 Å². The van der Waals surface area contributed by atoms with Crippen LogP contribution < -0.4 is 0 Å². The molecule has 23 heavy (non-hydrogen) atoms. The lowest BCUT2D eigenvalue weighted by Gasteiger charge is -2.30. The average molecular weight is 313 g/mol. The molecule has 0 saturated heterocycles. The first kappa shape index (κ1) is 15.3. The number of hydrogen-bond acceptors (Lipinski definition) is 4. The summed E-state index contributed by atoms with van der Waals surface area (Å²) in [6, 6.07) is 9.64. The van der Waals surface area contributed by atoms with E-state index in [9.17, 15) is 9.59 Å². The van der Waals surface area contributed by atoms with E-state index < -0.39 is 12.1 Å². The maximum Gasteiger partial charge on any atom is 0.342 e. The summed E-state index contributed by atoms with van der Waals surface area (Å²) in [5.41, 5.74) is 2.78. The highest BCUT2D eigenvalue weighted by molar-refractivity contribution is 5.93. The zero-order valence-corrected chi connectivity index (χ0v) is 13.2. The molecule has 0 radical (unpaired) electrons. The maximum absolute atomic E-state index is 12.5. The zero-order chi connectivity index (χ0) is 16.4. The summed E-state index contributed by atoms with van der Waals surface area (Å²) in [5, 5.41) is 0. The molecule has 3 rings (SSSR count). The normalized spacial score (nSPS) is 15.0. The SMILES string of the molecule is Cc1occc1C(=O)O[C@H](C)C(=O)N1CCc2ccccc2C1. The Labute approximate surface area is 134 Å². The summed E-state index contributed by atoms with van der Waals surface area (Å²) < 4.78 is 10.4. The van der Waals surface area contributed by atoms with E-state index in [0.29, 0.717) is 24.4 Å². The van der Waals surface area contributed by atoms with Crippen LogP contribution in [0.25, 0.3) is 0 Å². The summed E-state index contributed by atoms with van der Waals surface area (Å²) in [6.07, 6.45) is 1.44. The number of hydrogen-bond donors (Lipinski definition) is 0. The third kappa shape index (κ3) is 3.13. The van der Waals surface area contributed by atoms with Gasteiger partial charge in [-0.2, -0.15) is 0 Å². The van der Waals surface area contributed by atoms with Crippen LogP contribution in [0.1, 0.15) is 34.2 Å². The van der Waals surface area contributed by atoms with Crippen molar-refractivity contribution in [2.45, 2.75) is 32.9 Å². The van der Waals surface area contributed by atoms with E-state index >= 15 is 0 Å². The lowest BCUT2D eigenvalue weighted by Crippen LogP contribution is -2.42. The lowest BCUT2D eigenvalue weighted by atomic mass is 9.99. The van der Waals surface area contributed by atoms with Crippen molar-refractivity contribution in [3.05, 3.63) is 59.0 Å². The standard InChI is InChI=1S/C18H19NO4/c1-12-16(8-10-22-12)18(21)23-13(2)17(20)19-9-7-14-5-3-4-6-15(14)11-19/h3-6,8,10,13H,7,9,11H2,1-2H3/t13-/m1/s1. The number of nitrogens with zero attached hydrogens (tertiary/aromatic N) is 1. The summed E-state index contributed by atoms with van der Waals surface area (Å²) in [7, 11) is 0. The number of amides is 1. The van der Waals surface area contributed by atoms with Crippen molar-refractivity contribution in [1.82, 2.24) is 4.90 Å².